The van der Waals surface area contributed by atoms with Gasteiger partial charge in [0.1, 0.15) is 17.4 Å². The van der Waals surface area contributed by atoms with E-state index in [1.807, 2.05) is 14.0 Å². The molecule has 0 radical (unpaired) electrons. The zero-order chi connectivity index (χ0) is 26.1. The molecule has 0 spiro atoms. The molecule has 0 atom stereocenters. The predicted molar refractivity (Wildman–Crippen MR) is 138 cm³/mol. The molecule has 0 saturated carbocycles. The van der Waals surface area contributed by atoms with Crippen LogP contribution in [0.4, 0.5) is 21.6 Å². The number of carbonyl (C=O) groups is 2. The Morgan fingerprint density at radius 1 is 1.22 bits per heavy atom. The van der Waals surface area contributed by atoms with Crippen molar-refractivity contribution in [2.75, 3.05) is 30.9 Å². The maximum Gasteiger partial charge on any atom is 0.259 e. The Balaban J connectivity index is 1.95. The Kier molecular flexibility index (Phi) is 8.73. The van der Waals surface area contributed by atoms with Crippen LogP contribution in [0.3, 0.4) is 0 Å². The van der Waals surface area contributed by atoms with E-state index in [0.29, 0.717) is 23.3 Å². The van der Waals surface area contributed by atoms with Gasteiger partial charge in [-0.2, -0.15) is 5.10 Å². The Morgan fingerprint density at radius 3 is 2.61 bits per heavy atom. The largest absolute Gasteiger partial charge is 0.497 e. The second-order valence-corrected chi connectivity index (χ2v) is 7.73. The first-order chi connectivity index (χ1) is 17.4. The number of terminal acetylenes is 1. The van der Waals surface area contributed by atoms with Crippen LogP contribution in [0.5, 0.6) is 5.75 Å². The SMILES string of the molecule is C#Cc1ccc(NC(=O)c2cc(OC)ccc2N(C=O)c2ccc(C=NN(C)CCC)cc2F)nc1. The summed E-state index contributed by atoms with van der Waals surface area (Å²) in [6.07, 6.45) is 9.70. The van der Waals surface area contributed by atoms with Crippen LogP contribution in [-0.2, 0) is 4.79 Å². The number of aromatic nitrogens is 1. The summed E-state index contributed by atoms with van der Waals surface area (Å²) in [7, 11) is 3.28. The molecule has 2 amide bonds. The number of amides is 2. The van der Waals surface area contributed by atoms with Crippen LogP contribution in [0.1, 0.15) is 34.8 Å². The van der Waals surface area contributed by atoms with E-state index in [1.165, 1.54) is 37.6 Å². The van der Waals surface area contributed by atoms with Crippen molar-refractivity contribution in [3.05, 3.63) is 77.2 Å². The fourth-order valence-corrected chi connectivity index (χ4v) is 3.36. The normalized spacial score (nSPS) is 10.5. The zero-order valence-electron chi connectivity index (χ0n) is 20.2. The van der Waals surface area contributed by atoms with Crippen molar-refractivity contribution in [3.63, 3.8) is 0 Å². The second-order valence-electron chi connectivity index (χ2n) is 7.73. The number of ether oxygens (including phenoxy) is 1. The van der Waals surface area contributed by atoms with Crippen molar-refractivity contribution in [1.82, 2.24) is 9.99 Å². The highest BCUT2D eigenvalue weighted by Gasteiger charge is 2.22. The number of halogens is 1. The number of nitrogens with one attached hydrogen (secondary N) is 1. The van der Waals surface area contributed by atoms with Gasteiger partial charge in [0.05, 0.1) is 30.3 Å². The Hall–Kier alpha value is -4.71. The molecule has 0 aliphatic carbocycles. The van der Waals surface area contributed by atoms with Crippen molar-refractivity contribution in [3.8, 4) is 18.1 Å². The van der Waals surface area contributed by atoms with Crippen molar-refractivity contribution in [2.45, 2.75) is 13.3 Å². The molecule has 3 aromatic rings. The van der Waals surface area contributed by atoms with Gasteiger partial charge in [0.2, 0.25) is 6.41 Å². The van der Waals surface area contributed by atoms with Crippen LogP contribution < -0.4 is 15.0 Å². The zero-order valence-corrected chi connectivity index (χ0v) is 20.2. The molecule has 0 aliphatic rings. The predicted octanol–water partition coefficient (Wildman–Crippen LogP) is 4.43. The first kappa shape index (κ1) is 25.9. The first-order valence-corrected chi connectivity index (χ1v) is 11.1. The summed E-state index contributed by atoms with van der Waals surface area (Å²) in [5.74, 6) is 1.87. The Morgan fingerprint density at radius 2 is 2.00 bits per heavy atom. The quantitative estimate of drug-likeness (QED) is 0.198. The molecule has 0 fully saturated rings. The highest BCUT2D eigenvalue weighted by Crippen LogP contribution is 2.32. The fourth-order valence-electron chi connectivity index (χ4n) is 3.36. The van der Waals surface area contributed by atoms with E-state index in [0.717, 1.165) is 17.9 Å². The van der Waals surface area contributed by atoms with Gasteiger partial charge in [-0.3, -0.25) is 14.5 Å². The summed E-state index contributed by atoms with van der Waals surface area (Å²) >= 11 is 0. The van der Waals surface area contributed by atoms with Crippen molar-refractivity contribution in [1.29, 1.82) is 0 Å². The molecule has 0 saturated heterocycles. The monoisotopic (exact) mass is 487 g/mol. The Bertz CT molecular complexity index is 1300. The van der Waals surface area contributed by atoms with E-state index < -0.39 is 11.7 Å². The van der Waals surface area contributed by atoms with E-state index in [9.17, 15) is 9.59 Å². The molecule has 8 nitrogen and oxygen atoms in total. The summed E-state index contributed by atoms with van der Waals surface area (Å²) in [6, 6.07) is 12.1. The number of nitrogens with zero attached hydrogens (tertiary/aromatic N) is 4. The number of benzene rings is 2. The lowest BCUT2D eigenvalue weighted by atomic mass is 10.1. The van der Waals surface area contributed by atoms with Crippen LogP contribution in [0.2, 0.25) is 0 Å². The first-order valence-electron chi connectivity index (χ1n) is 11.1. The molecule has 184 valence electrons. The van der Waals surface area contributed by atoms with E-state index in [1.54, 1.807) is 35.5 Å². The van der Waals surface area contributed by atoms with Gasteiger partial charge in [-0.05, 0) is 54.4 Å². The minimum atomic E-state index is -0.655. The lowest BCUT2D eigenvalue weighted by molar-refractivity contribution is -0.106. The van der Waals surface area contributed by atoms with Crippen LogP contribution in [-0.4, -0.2) is 49.2 Å². The maximum absolute atomic E-state index is 15.1. The summed E-state index contributed by atoms with van der Waals surface area (Å²) < 4.78 is 20.4. The minimum absolute atomic E-state index is 0.0280. The van der Waals surface area contributed by atoms with Crippen molar-refractivity contribution in [2.24, 2.45) is 5.10 Å². The van der Waals surface area contributed by atoms with Gasteiger partial charge in [0.25, 0.3) is 5.91 Å². The molecule has 9 heteroatoms. The number of hydrazone groups is 1. The molecule has 0 bridgehead atoms. The molecule has 1 aromatic heterocycles. The molecule has 36 heavy (non-hydrogen) atoms. The number of anilines is 3. The van der Waals surface area contributed by atoms with Gasteiger partial charge in [0.15, 0.2) is 0 Å². The third kappa shape index (κ3) is 6.24. The number of carbonyl (C=O) groups excluding carboxylic acids is 2. The third-order valence-corrected chi connectivity index (χ3v) is 5.17. The standard InChI is InChI=1S/C27H26FN5O3/c1-5-13-32(3)30-17-20-7-10-25(23(28)14-20)33(18-34)24-11-9-21(36-4)15-22(24)27(35)31-26-12-8-19(6-2)16-29-26/h2,7-12,14-18H,5,13H2,1,3-4H3,(H,29,31,35). The summed E-state index contributed by atoms with van der Waals surface area (Å²) in [6.45, 7) is 2.80. The van der Waals surface area contributed by atoms with Crippen molar-refractivity contribution >= 4 is 35.7 Å². The van der Waals surface area contributed by atoms with Crippen LogP contribution in [0.15, 0.2) is 59.8 Å². The molecule has 0 aliphatic heterocycles. The highest BCUT2D eigenvalue weighted by molar-refractivity contribution is 6.10. The van der Waals surface area contributed by atoms with E-state index in [2.05, 4.69) is 21.3 Å². The number of pyridine rings is 1. The van der Waals surface area contributed by atoms with E-state index in [-0.39, 0.29) is 22.8 Å². The van der Waals surface area contributed by atoms with Gasteiger partial charge in [0, 0.05) is 25.4 Å². The maximum atomic E-state index is 15.1. The summed E-state index contributed by atoms with van der Waals surface area (Å²) in [5, 5.41) is 8.67. The summed E-state index contributed by atoms with van der Waals surface area (Å²) in [5.41, 5.74) is 1.30. The number of hydrogen-bond donors (Lipinski definition) is 1. The van der Waals surface area contributed by atoms with Gasteiger partial charge >= 0.3 is 0 Å². The minimum Gasteiger partial charge on any atom is -0.497 e. The van der Waals surface area contributed by atoms with Crippen LogP contribution in [0.25, 0.3) is 0 Å². The van der Waals surface area contributed by atoms with Crippen molar-refractivity contribution < 1.29 is 18.7 Å². The fraction of sp³-hybridized carbons (Fsp3) is 0.185. The van der Waals surface area contributed by atoms with Crippen LogP contribution >= 0.6 is 0 Å². The van der Waals surface area contributed by atoms with Crippen LogP contribution in [0, 0.1) is 18.2 Å². The lowest BCUT2D eigenvalue weighted by Crippen LogP contribution is -2.22. The number of rotatable bonds is 10. The van der Waals surface area contributed by atoms with E-state index in [4.69, 9.17) is 11.2 Å². The second kappa shape index (κ2) is 12.1. The molecule has 3 rings (SSSR count). The van der Waals surface area contributed by atoms with E-state index >= 15 is 4.39 Å². The van der Waals surface area contributed by atoms with Gasteiger partial charge in [-0.25, -0.2) is 9.37 Å². The Labute approximate surface area is 209 Å². The van der Waals surface area contributed by atoms with Gasteiger partial charge < -0.3 is 15.1 Å². The summed E-state index contributed by atoms with van der Waals surface area (Å²) in [4.78, 5) is 30.4. The lowest BCUT2D eigenvalue weighted by Gasteiger charge is -2.22. The molecular formula is C27H26FN5O3. The average molecular weight is 488 g/mol. The van der Waals surface area contributed by atoms with Gasteiger partial charge in [-0.15, -0.1) is 6.42 Å². The molecule has 1 heterocycles. The highest BCUT2D eigenvalue weighted by atomic mass is 19.1. The number of methoxy groups -OCH3 is 1. The average Bonchev–Trinajstić information content (AvgIpc) is 2.89. The van der Waals surface area contributed by atoms with Gasteiger partial charge in [-0.1, -0.05) is 18.9 Å². The molecular weight excluding hydrogens is 461 g/mol. The third-order valence-electron chi connectivity index (χ3n) is 5.17. The molecule has 2 aromatic carbocycles. The molecule has 1 N–H and O–H groups in total. The number of hydrogen-bond acceptors (Lipinski definition) is 6. The molecule has 0 unspecified atom stereocenters. The topological polar surface area (TPSA) is 87.1 Å². The smallest absolute Gasteiger partial charge is 0.259 e.